The van der Waals surface area contributed by atoms with E-state index in [1.165, 1.54) is 16.7 Å². The van der Waals surface area contributed by atoms with E-state index in [2.05, 4.69) is 4.98 Å². The lowest BCUT2D eigenvalue weighted by atomic mass is 10.1. The molecule has 3 aromatic rings. The number of Topliss-reactive ketones (excluding diaryl/α,β-unsaturated/α-hetero) is 1. The van der Waals surface area contributed by atoms with Crippen LogP contribution >= 0.6 is 23.2 Å². The maximum atomic E-state index is 12.9. The number of nitrogens with zero attached hydrogens (tertiary/aromatic N) is 1. The van der Waals surface area contributed by atoms with E-state index >= 15 is 0 Å². The van der Waals surface area contributed by atoms with E-state index in [-0.39, 0.29) is 28.2 Å². The number of carbonyl (C=O) groups is 1. The molecule has 0 bridgehead atoms. The molecule has 0 saturated heterocycles. The fourth-order valence-electron chi connectivity index (χ4n) is 2.60. The summed E-state index contributed by atoms with van der Waals surface area (Å²) in [4.78, 5) is 15.1. The first-order valence-electron chi connectivity index (χ1n) is 7.29. The second-order valence-corrected chi connectivity index (χ2v) is 6.34. The van der Waals surface area contributed by atoms with E-state index in [9.17, 15) is 18.0 Å². The van der Waals surface area contributed by atoms with Crippen molar-refractivity contribution in [3.8, 4) is 0 Å². The fourth-order valence-corrected chi connectivity index (χ4v) is 2.92. The summed E-state index contributed by atoms with van der Waals surface area (Å²) >= 11 is 11.9. The van der Waals surface area contributed by atoms with Crippen molar-refractivity contribution in [3.63, 3.8) is 0 Å². The molecule has 25 heavy (non-hydrogen) atoms. The van der Waals surface area contributed by atoms with E-state index < -0.39 is 12.6 Å². The first kappa shape index (κ1) is 17.8. The van der Waals surface area contributed by atoms with Gasteiger partial charge in [0.1, 0.15) is 6.42 Å². The number of carbonyl (C=O) groups excluding carboxylic acids is 1. The molecule has 130 valence electrons. The molecule has 0 amide bonds. The quantitative estimate of drug-likeness (QED) is 0.508. The molecule has 1 N–H and O–H groups in total. The lowest BCUT2D eigenvalue weighted by molar-refractivity contribution is -0.666. The topological polar surface area (TPSA) is 36.7 Å². The summed E-state index contributed by atoms with van der Waals surface area (Å²) in [6.45, 7) is -0.243. The molecule has 1 aromatic heterocycles. The van der Waals surface area contributed by atoms with Crippen LogP contribution < -0.4 is 4.57 Å². The molecule has 0 radical (unpaired) electrons. The average molecular weight is 388 g/mol. The van der Waals surface area contributed by atoms with Crippen molar-refractivity contribution in [2.45, 2.75) is 19.1 Å². The molecule has 0 aliphatic heterocycles. The van der Waals surface area contributed by atoms with Crippen LogP contribution in [0, 0.1) is 0 Å². The molecule has 3 nitrogen and oxygen atoms in total. The Morgan fingerprint density at radius 1 is 1.08 bits per heavy atom. The minimum absolute atomic E-state index is 0.134. The van der Waals surface area contributed by atoms with Crippen molar-refractivity contribution in [2.75, 3.05) is 0 Å². The molecule has 0 atom stereocenters. The van der Waals surface area contributed by atoms with Crippen molar-refractivity contribution in [1.82, 2.24) is 4.98 Å². The van der Waals surface area contributed by atoms with Crippen LogP contribution in [0.4, 0.5) is 13.2 Å². The van der Waals surface area contributed by atoms with Crippen LogP contribution in [-0.4, -0.2) is 16.9 Å². The van der Waals surface area contributed by atoms with E-state index in [0.717, 1.165) is 0 Å². The SMILES string of the molecule is O=C(C[n+]1c(CC(F)(F)F)[nH]c2cc(Cl)c(Cl)cc21)c1ccccc1. The van der Waals surface area contributed by atoms with Gasteiger partial charge in [-0.25, -0.2) is 9.55 Å². The number of H-pyrrole nitrogens is 1. The molecule has 0 aliphatic carbocycles. The molecular formula is C17H12Cl2F3N2O+. The van der Waals surface area contributed by atoms with E-state index in [4.69, 9.17) is 23.2 Å². The smallest absolute Gasteiger partial charge is 0.290 e. The lowest BCUT2D eigenvalue weighted by Gasteiger charge is -2.05. The minimum atomic E-state index is -4.42. The van der Waals surface area contributed by atoms with E-state index in [1.807, 2.05) is 0 Å². The maximum Gasteiger partial charge on any atom is 0.400 e. The first-order chi connectivity index (χ1) is 11.7. The summed E-state index contributed by atoms with van der Waals surface area (Å²) in [5.74, 6) is -0.439. The van der Waals surface area contributed by atoms with Gasteiger partial charge in [-0.3, -0.25) is 4.79 Å². The van der Waals surface area contributed by atoms with Gasteiger partial charge in [0.05, 0.1) is 10.0 Å². The van der Waals surface area contributed by atoms with E-state index in [1.54, 1.807) is 30.3 Å². The lowest BCUT2D eigenvalue weighted by Crippen LogP contribution is -2.42. The van der Waals surface area contributed by atoms with Gasteiger partial charge < -0.3 is 0 Å². The standard InChI is InChI=1S/C17H11Cl2F3N2O/c18-11-6-13-14(7-12(11)19)24(16(23-13)8-17(20,21)22)9-15(25)10-4-2-1-3-5-10/h1-7H,8-9H2/p+1. The Kier molecular flexibility index (Phi) is 4.75. The number of imidazole rings is 1. The van der Waals surface area contributed by atoms with Crippen LogP contribution in [0.2, 0.25) is 10.0 Å². The molecule has 3 rings (SSSR count). The van der Waals surface area contributed by atoms with Crippen LogP contribution in [-0.2, 0) is 13.0 Å². The summed E-state index contributed by atoms with van der Waals surface area (Å²) in [7, 11) is 0. The third kappa shape index (κ3) is 3.96. The van der Waals surface area contributed by atoms with Crippen LogP contribution in [0.3, 0.4) is 0 Å². The van der Waals surface area contributed by atoms with Crippen LogP contribution in [0.5, 0.6) is 0 Å². The summed E-state index contributed by atoms with van der Waals surface area (Å²) < 4.78 is 40.0. The van der Waals surface area contributed by atoms with Crippen molar-refractivity contribution in [1.29, 1.82) is 0 Å². The monoisotopic (exact) mass is 387 g/mol. The van der Waals surface area contributed by atoms with Crippen molar-refractivity contribution < 1.29 is 22.5 Å². The number of halogens is 5. The minimum Gasteiger partial charge on any atom is -0.290 e. The number of aromatic nitrogens is 2. The number of ketones is 1. The van der Waals surface area contributed by atoms with Gasteiger partial charge in [0.25, 0.3) is 5.82 Å². The molecule has 0 unspecified atom stereocenters. The van der Waals surface area contributed by atoms with Gasteiger partial charge in [-0.1, -0.05) is 53.5 Å². The number of hydrogen-bond donors (Lipinski definition) is 1. The number of hydrogen-bond acceptors (Lipinski definition) is 1. The number of alkyl halides is 3. The normalized spacial score (nSPS) is 11.9. The maximum absolute atomic E-state index is 12.9. The van der Waals surface area contributed by atoms with Gasteiger partial charge in [0.15, 0.2) is 17.6 Å². The Morgan fingerprint density at radius 3 is 2.36 bits per heavy atom. The van der Waals surface area contributed by atoms with Gasteiger partial charge in [0.2, 0.25) is 5.78 Å². The Hall–Kier alpha value is -2.05. The first-order valence-corrected chi connectivity index (χ1v) is 8.04. The highest BCUT2D eigenvalue weighted by molar-refractivity contribution is 6.42. The fraction of sp³-hybridized carbons (Fsp3) is 0.176. The van der Waals surface area contributed by atoms with Crippen LogP contribution in [0.25, 0.3) is 11.0 Å². The predicted octanol–water partition coefficient (Wildman–Crippen LogP) is 4.75. The largest absolute Gasteiger partial charge is 0.400 e. The number of aromatic amines is 1. The van der Waals surface area contributed by atoms with Gasteiger partial charge in [-0.2, -0.15) is 13.2 Å². The molecule has 0 spiro atoms. The third-order valence-corrected chi connectivity index (χ3v) is 4.42. The molecule has 2 aromatic carbocycles. The molecule has 0 aliphatic rings. The van der Waals surface area contributed by atoms with Gasteiger partial charge >= 0.3 is 6.18 Å². The summed E-state index contributed by atoms with van der Waals surface area (Å²) in [6, 6.07) is 11.3. The Morgan fingerprint density at radius 2 is 1.72 bits per heavy atom. The zero-order valence-corrected chi connectivity index (χ0v) is 14.2. The zero-order chi connectivity index (χ0) is 18.2. The molecule has 0 saturated carbocycles. The average Bonchev–Trinajstić information content (AvgIpc) is 2.83. The highest BCUT2D eigenvalue weighted by atomic mass is 35.5. The second-order valence-electron chi connectivity index (χ2n) is 5.52. The van der Waals surface area contributed by atoms with Crippen molar-refractivity contribution in [2.24, 2.45) is 0 Å². The molecule has 0 fully saturated rings. The molecule has 1 heterocycles. The van der Waals surface area contributed by atoms with Crippen LogP contribution in [0.1, 0.15) is 16.2 Å². The van der Waals surface area contributed by atoms with Crippen molar-refractivity contribution >= 4 is 40.0 Å². The molecular weight excluding hydrogens is 376 g/mol. The van der Waals surface area contributed by atoms with Gasteiger partial charge in [-0.15, -0.1) is 0 Å². The van der Waals surface area contributed by atoms with Crippen molar-refractivity contribution in [3.05, 3.63) is 63.9 Å². The van der Waals surface area contributed by atoms with Gasteiger partial charge in [-0.05, 0) is 0 Å². The second kappa shape index (κ2) is 6.69. The highest BCUT2D eigenvalue weighted by Gasteiger charge is 2.35. The number of benzene rings is 2. The summed E-state index contributed by atoms with van der Waals surface area (Å²) in [6.07, 6.45) is -5.62. The summed E-state index contributed by atoms with van der Waals surface area (Å²) in [5, 5.41) is 0.420. The predicted molar refractivity (Wildman–Crippen MR) is 89.0 cm³/mol. The number of rotatable bonds is 4. The van der Waals surface area contributed by atoms with E-state index in [0.29, 0.717) is 16.6 Å². The highest BCUT2D eigenvalue weighted by Crippen LogP contribution is 2.27. The number of nitrogens with one attached hydrogen (secondary N) is 1. The Balaban J connectivity index is 2.08. The Labute approximate surface area is 151 Å². The Bertz CT molecular complexity index is 936. The molecule has 8 heteroatoms. The third-order valence-electron chi connectivity index (χ3n) is 3.70. The van der Waals surface area contributed by atoms with Crippen LogP contribution in [0.15, 0.2) is 42.5 Å². The number of fused-ring (bicyclic) bond motifs is 1. The zero-order valence-electron chi connectivity index (χ0n) is 12.7. The summed E-state index contributed by atoms with van der Waals surface area (Å²) in [5.41, 5.74) is 1.19. The van der Waals surface area contributed by atoms with Gasteiger partial charge in [0, 0.05) is 17.7 Å².